The van der Waals surface area contributed by atoms with Gasteiger partial charge in [-0.1, -0.05) is 13.8 Å². The number of urea groups is 1. The number of hydrogen-bond donors (Lipinski definition) is 2. The summed E-state index contributed by atoms with van der Waals surface area (Å²) >= 11 is 0. The van der Waals surface area contributed by atoms with Crippen LogP contribution >= 0.6 is 0 Å². The molecule has 1 atom stereocenters. The molecule has 1 aliphatic rings. The zero-order valence-corrected chi connectivity index (χ0v) is 12.3. The van der Waals surface area contributed by atoms with Gasteiger partial charge < -0.3 is 20.2 Å². The summed E-state index contributed by atoms with van der Waals surface area (Å²) in [5, 5.41) is 11.7. The van der Waals surface area contributed by atoms with Crippen molar-refractivity contribution < 1.29 is 19.5 Å². The lowest BCUT2D eigenvalue weighted by Gasteiger charge is -2.28. The molecule has 1 heterocycles. The van der Waals surface area contributed by atoms with Gasteiger partial charge in [-0.2, -0.15) is 0 Å². The number of nitrogens with zero attached hydrogens (tertiary/aromatic N) is 2. The normalized spacial score (nSPS) is 18.2. The molecule has 114 valence electrons. The molecule has 0 spiro atoms. The van der Waals surface area contributed by atoms with Gasteiger partial charge in [-0.15, -0.1) is 0 Å². The first-order valence-corrected chi connectivity index (χ1v) is 6.82. The van der Waals surface area contributed by atoms with Crippen LogP contribution < -0.4 is 5.32 Å². The van der Waals surface area contributed by atoms with Crippen molar-refractivity contribution in [1.82, 2.24) is 15.1 Å². The summed E-state index contributed by atoms with van der Waals surface area (Å²) in [5.74, 6) is -0.933. The van der Waals surface area contributed by atoms with Gasteiger partial charge in [-0.3, -0.25) is 9.59 Å². The maximum absolute atomic E-state index is 12.3. The van der Waals surface area contributed by atoms with E-state index in [2.05, 4.69) is 5.32 Å². The maximum Gasteiger partial charge on any atom is 0.323 e. The largest absolute Gasteiger partial charge is 0.480 e. The molecule has 1 unspecified atom stereocenters. The predicted molar refractivity (Wildman–Crippen MR) is 73.2 cm³/mol. The highest BCUT2D eigenvalue weighted by molar-refractivity contribution is 5.80. The fourth-order valence-electron chi connectivity index (χ4n) is 2.35. The SMILES string of the molecule is CC(=O)NC1CCN(C(=O)N(CC(=O)O)CC(C)C)C1. The van der Waals surface area contributed by atoms with Gasteiger partial charge >= 0.3 is 12.0 Å². The molecule has 20 heavy (non-hydrogen) atoms. The molecule has 1 saturated heterocycles. The fourth-order valence-corrected chi connectivity index (χ4v) is 2.35. The molecule has 0 bridgehead atoms. The van der Waals surface area contributed by atoms with Crippen LogP contribution in [-0.2, 0) is 9.59 Å². The van der Waals surface area contributed by atoms with Crippen LogP contribution in [0.5, 0.6) is 0 Å². The number of nitrogens with one attached hydrogen (secondary N) is 1. The van der Waals surface area contributed by atoms with Crippen LogP contribution in [0.3, 0.4) is 0 Å². The highest BCUT2D eigenvalue weighted by Gasteiger charge is 2.30. The Labute approximate surface area is 118 Å². The van der Waals surface area contributed by atoms with Gasteiger partial charge in [0.25, 0.3) is 0 Å². The lowest BCUT2D eigenvalue weighted by Crippen LogP contribution is -2.47. The second-order valence-electron chi connectivity index (χ2n) is 5.58. The minimum atomic E-state index is -1.02. The van der Waals surface area contributed by atoms with E-state index in [4.69, 9.17) is 5.11 Å². The fraction of sp³-hybridized carbons (Fsp3) is 0.769. The van der Waals surface area contributed by atoms with Gasteiger partial charge in [0.2, 0.25) is 5.91 Å². The molecule has 2 N–H and O–H groups in total. The van der Waals surface area contributed by atoms with E-state index in [0.717, 1.165) is 0 Å². The minimum absolute atomic E-state index is 0.0396. The number of carboxylic acid groups (broad SMARTS) is 1. The molecule has 0 aliphatic carbocycles. The van der Waals surface area contributed by atoms with Crippen molar-refractivity contribution in [2.75, 3.05) is 26.2 Å². The van der Waals surface area contributed by atoms with Crippen LogP contribution in [0.25, 0.3) is 0 Å². The lowest BCUT2D eigenvalue weighted by molar-refractivity contribution is -0.137. The van der Waals surface area contributed by atoms with E-state index < -0.39 is 5.97 Å². The number of amides is 3. The van der Waals surface area contributed by atoms with E-state index in [1.807, 2.05) is 13.8 Å². The second-order valence-corrected chi connectivity index (χ2v) is 5.58. The molecule has 7 heteroatoms. The third-order valence-electron chi connectivity index (χ3n) is 3.05. The van der Waals surface area contributed by atoms with Crippen molar-refractivity contribution in [1.29, 1.82) is 0 Å². The molecule has 0 aromatic carbocycles. The van der Waals surface area contributed by atoms with Crippen molar-refractivity contribution >= 4 is 17.9 Å². The number of likely N-dealkylation sites (tertiary alicyclic amines) is 1. The van der Waals surface area contributed by atoms with E-state index in [1.54, 1.807) is 4.90 Å². The van der Waals surface area contributed by atoms with Gasteiger partial charge in [-0.05, 0) is 12.3 Å². The summed E-state index contributed by atoms with van der Waals surface area (Å²) in [6.45, 7) is 6.41. The Morgan fingerprint density at radius 1 is 1.40 bits per heavy atom. The van der Waals surface area contributed by atoms with Crippen molar-refractivity contribution in [3.8, 4) is 0 Å². The molecule has 7 nitrogen and oxygen atoms in total. The number of aliphatic carboxylic acids is 1. The monoisotopic (exact) mass is 285 g/mol. The second kappa shape index (κ2) is 7.12. The first-order valence-electron chi connectivity index (χ1n) is 6.82. The van der Waals surface area contributed by atoms with Crippen molar-refractivity contribution in [3.63, 3.8) is 0 Å². The van der Waals surface area contributed by atoms with E-state index in [0.29, 0.717) is 26.1 Å². The average molecular weight is 285 g/mol. The highest BCUT2D eigenvalue weighted by Crippen LogP contribution is 2.13. The number of carbonyl (C=O) groups excluding carboxylic acids is 2. The quantitative estimate of drug-likeness (QED) is 0.763. The van der Waals surface area contributed by atoms with E-state index in [9.17, 15) is 14.4 Å². The topological polar surface area (TPSA) is 90.0 Å². The van der Waals surface area contributed by atoms with Crippen LogP contribution in [0.1, 0.15) is 27.2 Å². The van der Waals surface area contributed by atoms with Crippen molar-refractivity contribution in [3.05, 3.63) is 0 Å². The first-order chi connectivity index (χ1) is 9.29. The zero-order chi connectivity index (χ0) is 15.3. The summed E-state index contributed by atoms with van der Waals surface area (Å²) in [4.78, 5) is 37.1. The van der Waals surface area contributed by atoms with Crippen molar-refractivity contribution in [2.24, 2.45) is 5.92 Å². The Morgan fingerprint density at radius 2 is 2.05 bits per heavy atom. The predicted octanol–water partition coefficient (Wildman–Crippen LogP) is 0.359. The van der Waals surface area contributed by atoms with Crippen LogP contribution in [-0.4, -0.2) is 65.0 Å². The zero-order valence-electron chi connectivity index (χ0n) is 12.3. The molecule has 0 aromatic heterocycles. The van der Waals surface area contributed by atoms with Crippen molar-refractivity contribution in [2.45, 2.75) is 33.2 Å². The molecule has 0 saturated carbocycles. The van der Waals surface area contributed by atoms with Crippen LogP contribution in [0.2, 0.25) is 0 Å². The smallest absolute Gasteiger partial charge is 0.323 e. The average Bonchev–Trinajstić information content (AvgIpc) is 2.73. The van der Waals surface area contributed by atoms with Gasteiger partial charge in [-0.25, -0.2) is 4.79 Å². The molecule has 1 aliphatic heterocycles. The summed E-state index contributed by atoms with van der Waals surface area (Å²) in [6, 6.07) is -0.309. The van der Waals surface area contributed by atoms with Gasteiger partial charge in [0.1, 0.15) is 6.54 Å². The van der Waals surface area contributed by atoms with Crippen LogP contribution in [0.4, 0.5) is 4.79 Å². The van der Waals surface area contributed by atoms with Crippen LogP contribution in [0, 0.1) is 5.92 Å². The number of hydrogen-bond acceptors (Lipinski definition) is 3. The summed E-state index contributed by atoms with van der Waals surface area (Å²) in [6.07, 6.45) is 0.702. The summed E-state index contributed by atoms with van der Waals surface area (Å²) in [5.41, 5.74) is 0. The van der Waals surface area contributed by atoms with Gasteiger partial charge in [0, 0.05) is 32.6 Å². The minimum Gasteiger partial charge on any atom is -0.480 e. The van der Waals surface area contributed by atoms with E-state index in [-0.39, 0.29) is 30.4 Å². The molecular weight excluding hydrogens is 262 g/mol. The molecular formula is C13H23N3O4. The van der Waals surface area contributed by atoms with Crippen LogP contribution in [0.15, 0.2) is 0 Å². The third-order valence-corrected chi connectivity index (χ3v) is 3.05. The molecule has 3 amide bonds. The molecule has 0 radical (unpaired) electrons. The number of rotatable bonds is 5. The number of carbonyl (C=O) groups is 3. The standard InChI is InChI=1S/C13H23N3O4/c1-9(2)6-16(8-12(18)19)13(20)15-5-4-11(7-15)14-10(3)17/h9,11H,4-8H2,1-3H3,(H,14,17)(H,18,19). The third kappa shape index (κ3) is 5.07. The van der Waals surface area contributed by atoms with E-state index >= 15 is 0 Å². The maximum atomic E-state index is 12.3. The molecule has 1 rings (SSSR count). The first kappa shape index (κ1) is 16.3. The summed E-state index contributed by atoms with van der Waals surface area (Å²) in [7, 11) is 0. The Balaban J connectivity index is 2.61. The van der Waals surface area contributed by atoms with Gasteiger partial charge in [0.05, 0.1) is 0 Å². The van der Waals surface area contributed by atoms with E-state index in [1.165, 1.54) is 11.8 Å². The molecule has 0 aromatic rings. The lowest BCUT2D eigenvalue weighted by atomic mass is 10.2. The summed E-state index contributed by atoms with van der Waals surface area (Å²) < 4.78 is 0. The Kier molecular flexibility index (Phi) is 5.79. The van der Waals surface area contributed by atoms with Gasteiger partial charge in [0.15, 0.2) is 0 Å². The Morgan fingerprint density at radius 3 is 2.55 bits per heavy atom. The molecule has 1 fully saturated rings. The Hall–Kier alpha value is -1.79. The number of carboxylic acids is 1. The highest BCUT2D eigenvalue weighted by atomic mass is 16.4. The Bertz CT molecular complexity index is 384.